The van der Waals surface area contributed by atoms with E-state index in [0.717, 1.165) is 29.1 Å². The summed E-state index contributed by atoms with van der Waals surface area (Å²) in [5.41, 5.74) is 6.29. The average molecular weight is 399 g/mol. The smallest absolute Gasteiger partial charge is 0.208 e. The first-order valence-electron chi connectivity index (χ1n) is 9.86. The van der Waals surface area contributed by atoms with E-state index in [9.17, 15) is 0 Å². The summed E-state index contributed by atoms with van der Waals surface area (Å²) < 4.78 is 7.97. The number of ether oxygens (including phenoxy) is 1. The van der Waals surface area contributed by atoms with Crippen LogP contribution in [0.15, 0.2) is 59.9 Å². The quantitative estimate of drug-likeness (QED) is 0.286. The highest BCUT2D eigenvalue weighted by atomic mass is 16.5. The lowest BCUT2D eigenvalue weighted by atomic mass is 10.1. The van der Waals surface area contributed by atoms with Crippen LogP contribution >= 0.6 is 0 Å². The van der Waals surface area contributed by atoms with E-state index in [1.54, 1.807) is 18.3 Å². The SMILES string of the molecule is Cn1c(Nc2ccc3c(c2)CCC3)nc2cc(Oc3ccnc(/C=N\O)c3)ccc21. The Kier molecular flexibility index (Phi) is 4.55. The van der Waals surface area contributed by atoms with Gasteiger partial charge < -0.3 is 19.8 Å². The second-order valence-corrected chi connectivity index (χ2v) is 7.37. The normalized spacial score (nSPS) is 13.1. The number of fused-ring (bicyclic) bond motifs is 2. The fourth-order valence-electron chi connectivity index (χ4n) is 3.89. The number of hydrogen-bond donors (Lipinski definition) is 2. The minimum absolute atomic E-state index is 0.509. The van der Waals surface area contributed by atoms with Crippen LogP contribution in [-0.4, -0.2) is 26.0 Å². The van der Waals surface area contributed by atoms with Gasteiger partial charge >= 0.3 is 0 Å². The van der Waals surface area contributed by atoms with E-state index in [1.807, 2.05) is 29.8 Å². The summed E-state index contributed by atoms with van der Waals surface area (Å²) in [6.45, 7) is 0. The van der Waals surface area contributed by atoms with E-state index >= 15 is 0 Å². The van der Waals surface area contributed by atoms with Crippen LogP contribution in [0.1, 0.15) is 23.2 Å². The minimum Gasteiger partial charge on any atom is -0.457 e. The zero-order valence-electron chi connectivity index (χ0n) is 16.5. The number of nitrogens with zero attached hydrogens (tertiary/aromatic N) is 4. The first kappa shape index (κ1) is 18.2. The molecular weight excluding hydrogens is 378 g/mol. The summed E-state index contributed by atoms with van der Waals surface area (Å²) in [5, 5.41) is 15.1. The molecule has 0 aliphatic heterocycles. The molecule has 2 aromatic carbocycles. The molecule has 2 N–H and O–H groups in total. The summed E-state index contributed by atoms with van der Waals surface area (Å²) in [7, 11) is 1.99. The van der Waals surface area contributed by atoms with Gasteiger partial charge in [0.15, 0.2) is 0 Å². The maximum atomic E-state index is 8.67. The Morgan fingerprint density at radius 2 is 1.93 bits per heavy atom. The van der Waals surface area contributed by atoms with Crippen LogP contribution in [0.2, 0.25) is 0 Å². The monoisotopic (exact) mass is 399 g/mol. The summed E-state index contributed by atoms with van der Waals surface area (Å²) >= 11 is 0. The maximum absolute atomic E-state index is 8.67. The van der Waals surface area contributed by atoms with Crippen molar-refractivity contribution >= 4 is 28.9 Å². The standard InChI is InChI=1S/C23H21N5O2/c1-28-22-8-7-19(30-20-9-10-24-18(12-20)14-25-29)13-21(22)27-23(28)26-17-6-5-15-3-2-4-16(15)11-17/h5-14,29H,2-4H2,1H3,(H,26,27)/b25-14-. The van der Waals surface area contributed by atoms with Crippen molar-refractivity contribution < 1.29 is 9.94 Å². The first-order valence-corrected chi connectivity index (χ1v) is 9.86. The second kappa shape index (κ2) is 7.51. The second-order valence-electron chi connectivity index (χ2n) is 7.37. The van der Waals surface area contributed by atoms with E-state index in [-0.39, 0.29) is 0 Å². The number of rotatable bonds is 5. The van der Waals surface area contributed by atoms with Crippen molar-refractivity contribution in [2.45, 2.75) is 19.3 Å². The van der Waals surface area contributed by atoms with Gasteiger partial charge in [0.25, 0.3) is 0 Å². The number of pyridine rings is 1. The van der Waals surface area contributed by atoms with Crippen molar-refractivity contribution in [1.29, 1.82) is 0 Å². The number of nitrogens with one attached hydrogen (secondary N) is 1. The Labute approximate surface area is 173 Å². The largest absolute Gasteiger partial charge is 0.457 e. The molecule has 1 aliphatic carbocycles. The molecule has 7 heteroatoms. The maximum Gasteiger partial charge on any atom is 0.208 e. The van der Waals surface area contributed by atoms with Gasteiger partial charge in [-0.25, -0.2) is 4.98 Å². The van der Waals surface area contributed by atoms with Gasteiger partial charge in [0.2, 0.25) is 5.95 Å². The van der Waals surface area contributed by atoms with Gasteiger partial charge in [-0.15, -0.1) is 0 Å². The van der Waals surface area contributed by atoms with Gasteiger partial charge in [0, 0.05) is 31.1 Å². The van der Waals surface area contributed by atoms with Crippen LogP contribution < -0.4 is 10.1 Å². The fraction of sp³-hybridized carbons (Fsp3) is 0.174. The van der Waals surface area contributed by atoms with Crippen molar-refractivity contribution in [2.75, 3.05) is 5.32 Å². The predicted molar refractivity (Wildman–Crippen MR) is 116 cm³/mol. The number of hydrogen-bond acceptors (Lipinski definition) is 6. The van der Waals surface area contributed by atoms with Crippen LogP contribution in [-0.2, 0) is 19.9 Å². The molecule has 0 bridgehead atoms. The van der Waals surface area contributed by atoms with E-state index in [0.29, 0.717) is 17.2 Å². The highest BCUT2D eigenvalue weighted by molar-refractivity contribution is 5.81. The Morgan fingerprint density at radius 1 is 1.07 bits per heavy atom. The Bertz CT molecular complexity index is 1260. The number of oxime groups is 1. The van der Waals surface area contributed by atoms with Crippen LogP contribution in [0, 0.1) is 0 Å². The lowest BCUT2D eigenvalue weighted by Gasteiger charge is -2.08. The first-order chi connectivity index (χ1) is 14.7. The van der Waals surface area contributed by atoms with Crippen molar-refractivity contribution in [3.05, 3.63) is 71.5 Å². The van der Waals surface area contributed by atoms with Crippen LogP contribution in [0.4, 0.5) is 11.6 Å². The van der Waals surface area contributed by atoms with Gasteiger partial charge in [-0.05, 0) is 60.7 Å². The van der Waals surface area contributed by atoms with E-state index < -0.39 is 0 Å². The number of aryl methyl sites for hydroxylation is 3. The molecule has 7 nitrogen and oxygen atoms in total. The molecule has 0 spiro atoms. The molecule has 30 heavy (non-hydrogen) atoms. The molecule has 2 aromatic heterocycles. The van der Waals surface area contributed by atoms with Crippen molar-refractivity contribution in [3.8, 4) is 11.5 Å². The predicted octanol–water partition coefficient (Wildman–Crippen LogP) is 4.80. The Balaban J connectivity index is 1.41. The van der Waals surface area contributed by atoms with Gasteiger partial charge in [-0.1, -0.05) is 11.2 Å². The minimum atomic E-state index is 0.509. The van der Waals surface area contributed by atoms with Crippen molar-refractivity contribution in [1.82, 2.24) is 14.5 Å². The van der Waals surface area contributed by atoms with Gasteiger partial charge in [0.1, 0.15) is 11.5 Å². The average Bonchev–Trinajstić information content (AvgIpc) is 3.33. The van der Waals surface area contributed by atoms with Gasteiger partial charge in [0.05, 0.1) is 22.9 Å². The van der Waals surface area contributed by atoms with E-state index in [2.05, 4.69) is 33.7 Å². The number of anilines is 2. The van der Waals surface area contributed by atoms with Crippen molar-refractivity contribution in [2.24, 2.45) is 12.2 Å². The van der Waals surface area contributed by atoms with Crippen molar-refractivity contribution in [3.63, 3.8) is 0 Å². The summed E-state index contributed by atoms with van der Waals surface area (Å²) in [4.78, 5) is 8.84. The van der Waals surface area contributed by atoms with Gasteiger partial charge in [-0.3, -0.25) is 4.98 Å². The lowest BCUT2D eigenvalue weighted by Crippen LogP contribution is -1.99. The van der Waals surface area contributed by atoms with Crippen LogP contribution in [0.5, 0.6) is 11.5 Å². The molecule has 2 heterocycles. The fourth-order valence-corrected chi connectivity index (χ4v) is 3.89. The third kappa shape index (κ3) is 3.45. The molecule has 0 radical (unpaired) electrons. The lowest BCUT2D eigenvalue weighted by molar-refractivity contribution is 0.321. The molecule has 0 fully saturated rings. The summed E-state index contributed by atoms with van der Waals surface area (Å²) in [6.07, 6.45) is 6.42. The zero-order valence-corrected chi connectivity index (χ0v) is 16.5. The topological polar surface area (TPSA) is 84.6 Å². The third-order valence-corrected chi connectivity index (χ3v) is 5.39. The Hall–Kier alpha value is -3.87. The van der Waals surface area contributed by atoms with Crippen LogP contribution in [0.3, 0.4) is 0 Å². The van der Waals surface area contributed by atoms with Crippen LogP contribution in [0.25, 0.3) is 11.0 Å². The van der Waals surface area contributed by atoms with Gasteiger partial charge in [-0.2, -0.15) is 0 Å². The highest BCUT2D eigenvalue weighted by Crippen LogP contribution is 2.30. The molecule has 0 amide bonds. The summed E-state index contributed by atoms with van der Waals surface area (Å²) in [6, 6.07) is 15.8. The molecule has 0 unspecified atom stereocenters. The molecule has 4 aromatic rings. The molecule has 150 valence electrons. The third-order valence-electron chi connectivity index (χ3n) is 5.39. The molecule has 1 aliphatic rings. The molecular formula is C23H21N5O2. The summed E-state index contributed by atoms with van der Waals surface area (Å²) in [5.74, 6) is 2.06. The number of aromatic nitrogens is 3. The molecule has 0 saturated heterocycles. The Morgan fingerprint density at radius 3 is 2.83 bits per heavy atom. The van der Waals surface area contributed by atoms with E-state index in [4.69, 9.17) is 14.9 Å². The van der Waals surface area contributed by atoms with E-state index in [1.165, 1.54) is 30.2 Å². The zero-order chi connectivity index (χ0) is 20.5. The molecule has 5 rings (SSSR count). The number of imidazole rings is 1. The molecule has 0 atom stereocenters. The number of benzene rings is 2. The highest BCUT2D eigenvalue weighted by Gasteiger charge is 2.13. The molecule has 0 saturated carbocycles.